The van der Waals surface area contributed by atoms with Crippen LogP contribution in [0, 0.1) is 11.8 Å². The van der Waals surface area contributed by atoms with Crippen LogP contribution in [0.2, 0.25) is 0 Å². The maximum atomic E-state index is 13.2. The second-order valence-corrected chi connectivity index (χ2v) is 11.5. The Labute approximate surface area is 191 Å². The fourth-order valence-corrected chi connectivity index (χ4v) is 7.70. The lowest BCUT2D eigenvalue weighted by molar-refractivity contribution is 0.445. The van der Waals surface area contributed by atoms with E-state index < -0.39 is 0 Å². The molecule has 4 heterocycles. The van der Waals surface area contributed by atoms with Crippen molar-refractivity contribution in [1.82, 2.24) is 30.0 Å². The van der Waals surface area contributed by atoms with Gasteiger partial charge in [0.15, 0.2) is 9.66 Å². The second kappa shape index (κ2) is 7.55. The van der Waals surface area contributed by atoms with E-state index in [0.717, 1.165) is 59.3 Å². The van der Waals surface area contributed by atoms with Crippen molar-refractivity contribution < 1.29 is 0 Å². The van der Waals surface area contributed by atoms with Gasteiger partial charge in [0.1, 0.15) is 0 Å². The Kier molecular flexibility index (Phi) is 4.76. The third kappa shape index (κ3) is 3.14. The number of fused-ring (bicyclic) bond motifs is 6. The van der Waals surface area contributed by atoms with Crippen LogP contribution >= 0.6 is 22.7 Å². The molecule has 8 nitrogen and oxygen atoms in total. The smallest absolute Gasteiger partial charge is 0.267 e. The Balaban J connectivity index is 1.33. The Bertz CT molecular complexity index is 1370. The number of aromatic nitrogens is 6. The fraction of sp³-hybridized carbons (Fsp3) is 0.545. The first-order chi connectivity index (χ1) is 15.5. The molecule has 2 aliphatic rings. The summed E-state index contributed by atoms with van der Waals surface area (Å²) in [6, 6.07) is 0. The third-order valence-electron chi connectivity index (χ3n) is 6.89. The van der Waals surface area contributed by atoms with Gasteiger partial charge in [0.25, 0.3) is 11.1 Å². The zero-order chi connectivity index (χ0) is 22.0. The summed E-state index contributed by atoms with van der Waals surface area (Å²) in [5, 5.41) is 18.4. The van der Waals surface area contributed by atoms with Crippen LogP contribution < -0.4 is 11.1 Å². The summed E-state index contributed by atoms with van der Waals surface area (Å²) in [4.78, 5) is 30.4. The summed E-state index contributed by atoms with van der Waals surface area (Å²) in [6.07, 6.45) is 6.03. The highest BCUT2D eigenvalue weighted by atomic mass is 32.1. The van der Waals surface area contributed by atoms with E-state index in [-0.39, 0.29) is 24.2 Å². The molecule has 0 radical (unpaired) electrons. The number of hydrogen-bond donors (Lipinski definition) is 0. The standard InChI is InChI=1S/C22H24N6O2S2/c1-11-3-5-13-15(9-11)31-19-17(13)21(29)27(25-23-19)7-8-28-22(30)18-14-6-4-12(2)10-16(14)32-20(18)24-26-28/h11-12H,3-10H2,1-2H3. The normalized spacial score (nSPS) is 20.6. The molecule has 2 unspecified atom stereocenters. The van der Waals surface area contributed by atoms with Gasteiger partial charge in [-0.05, 0) is 61.5 Å². The van der Waals surface area contributed by atoms with Crippen LogP contribution in [-0.2, 0) is 38.8 Å². The minimum absolute atomic E-state index is 0.119. The molecule has 6 rings (SSSR count). The first kappa shape index (κ1) is 20.2. The summed E-state index contributed by atoms with van der Waals surface area (Å²) in [5.74, 6) is 1.27. The number of nitrogens with zero attached hydrogens (tertiary/aromatic N) is 6. The van der Waals surface area contributed by atoms with Crippen LogP contribution in [0.25, 0.3) is 20.4 Å². The first-order valence-corrected chi connectivity index (χ1v) is 12.9. The lowest BCUT2D eigenvalue weighted by atomic mass is 9.89. The zero-order valence-electron chi connectivity index (χ0n) is 18.1. The van der Waals surface area contributed by atoms with Gasteiger partial charge in [0.05, 0.1) is 23.9 Å². The molecule has 0 saturated heterocycles. The average molecular weight is 469 g/mol. The third-order valence-corrected chi connectivity index (χ3v) is 9.17. The lowest BCUT2D eigenvalue weighted by Gasteiger charge is -2.17. The molecule has 0 aromatic carbocycles. The van der Waals surface area contributed by atoms with Gasteiger partial charge in [-0.2, -0.15) is 0 Å². The molecule has 0 aliphatic heterocycles. The Morgan fingerprint density at radius 2 is 1.22 bits per heavy atom. The molecule has 2 atom stereocenters. The van der Waals surface area contributed by atoms with Crippen molar-refractivity contribution in [2.45, 2.75) is 65.5 Å². The van der Waals surface area contributed by atoms with Crippen molar-refractivity contribution in [1.29, 1.82) is 0 Å². The molecule has 4 aromatic heterocycles. The minimum atomic E-state index is -0.119. The summed E-state index contributed by atoms with van der Waals surface area (Å²) in [6.45, 7) is 4.98. The maximum absolute atomic E-state index is 13.2. The monoisotopic (exact) mass is 468 g/mol. The quantitative estimate of drug-likeness (QED) is 0.459. The summed E-state index contributed by atoms with van der Waals surface area (Å²) in [7, 11) is 0. The van der Waals surface area contributed by atoms with Gasteiger partial charge in [0.2, 0.25) is 0 Å². The highest BCUT2D eigenvalue weighted by Crippen LogP contribution is 2.36. The molecule has 0 N–H and O–H groups in total. The largest absolute Gasteiger partial charge is 0.278 e. The topological polar surface area (TPSA) is 95.6 Å². The van der Waals surface area contributed by atoms with Crippen LogP contribution in [0.1, 0.15) is 47.6 Å². The molecule has 0 spiro atoms. The van der Waals surface area contributed by atoms with E-state index in [4.69, 9.17) is 0 Å². The molecule has 10 heteroatoms. The average Bonchev–Trinajstić information content (AvgIpc) is 3.32. The summed E-state index contributed by atoms with van der Waals surface area (Å²) in [5.41, 5.74) is 2.06. The van der Waals surface area contributed by atoms with E-state index in [9.17, 15) is 9.59 Å². The Morgan fingerprint density at radius 3 is 1.66 bits per heavy atom. The fourth-order valence-electron chi connectivity index (χ4n) is 5.07. The molecular formula is C22H24N6O2S2. The van der Waals surface area contributed by atoms with Crippen LogP contribution in [0.3, 0.4) is 0 Å². The van der Waals surface area contributed by atoms with E-state index >= 15 is 0 Å². The van der Waals surface area contributed by atoms with E-state index in [1.54, 1.807) is 22.7 Å². The van der Waals surface area contributed by atoms with Crippen molar-refractivity contribution in [3.05, 3.63) is 41.6 Å². The molecule has 32 heavy (non-hydrogen) atoms. The van der Waals surface area contributed by atoms with Crippen LogP contribution in [0.4, 0.5) is 0 Å². The van der Waals surface area contributed by atoms with E-state index in [1.165, 1.54) is 19.1 Å². The van der Waals surface area contributed by atoms with Crippen LogP contribution in [0.15, 0.2) is 9.59 Å². The van der Waals surface area contributed by atoms with Crippen molar-refractivity contribution in [3.8, 4) is 0 Å². The molecule has 2 aliphatic carbocycles. The molecule has 0 bridgehead atoms. The van der Waals surface area contributed by atoms with Crippen molar-refractivity contribution in [3.63, 3.8) is 0 Å². The maximum Gasteiger partial charge on any atom is 0.278 e. The van der Waals surface area contributed by atoms with Gasteiger partial charge in [-0.25, -0.2) is 9.36 Å². The number of aryl methyl sites for hydroxylation is 4. The van der Waals surface area contributed by atoms with Gasteiger partial charge in [-0.1, -0.05) is 24.3 Å². The molecular weight excluding hydrogens is 444 g/mol. The second-order valence-electron chi connectivity index (χ2n) is 9.30. The molecule has 166 valence electrons. The van der Waals surface area contributed by atoms with Crippen molar-refractivity contribution >= 4 is 43.1 Å². The van der Waals surface area contributed by atoms with E-state index in [2.05, 4.69) is 34.5 Å². The lowest BCUT2D eigenvalue weighted by Crippen LogP contribution is -2.31. The van der Waals surface area contributed by atoms with E-state index in [1.807, 2.05) is 0 Å². The number of thiophene rings is 2. The predicted molar refractivity (Wildman–Crippen MR) is 126 cm³/mol. The van der Waals surface area contributed by atoms with Crippen molar-refractivity contribution in [2.24, 2.45) is 11.8 Å². The van der Waals surface area contributed by atoms with Gasteiger partial charge in [-0.3, -0.25) is 9.59 Å². The highest BCUT2D eigenvalue weighted by Gasteiger charge is 2.25. The first-order valence-electron chi connectivity index (χ1n) is 11.3. The summed E-state index contributed by atoms with van der Waals surface area (Å²) >= 11 is 3.19. The minimum Gasteiger partial charge on any atom is -0.267 e. The van der Waals surface area contributed by atoms with Crippen LogP contribution in [-0.4, -0.2) is 30.0 Å². The van der Waals surface area contributed by atoms with Gasteiger partial charge >= 0.3 is 0 Å². The Morgan fingerprint density at radius 1 is 0.781 bits per heavy atom. The van der Waals surface area contributed by atoms with Gasteiger partial charge < -0.3 is 0 Å². The van der Waals surface area contributed by atoms with Gasteiger partial charge in [0, 0.05) is 9.75 Å². The Hall–Kier alpha value is -2.46. The van der Waals surface area contributed by atoms with E-state index in [0.29, 0.717) is 22.6 Å². The highest BCUT2D eigenvalue weighted by molar-refractivity contribution is 7.19. The van der Waals surface area contributed by atoms with Gasteiger partial charge in [-0.15, -0.1) is 32.9 Å². The van der Waals surface area contributed by atoms with Crippen LogP contribution in [0.5, 0.6) is 0 Å². The molecule has 0 fully saturated rings. The molecule has 0 saturated carbocycles. The predicted octanol–water partition coefficient (Wildman–Crippen LogP) is 2.97. The number of hydrogen-bond acceptors (Lipinski definition) is 8. The zero-order valence-corrected chi connectivity index (χ0v) is 19.8. The molecule has 0 amide bonds. The van der Waals surface area contributed by atoms with Crippen molar-refractivity contribution in [2.75, 3.05) is 0 Å². The summed E-state index contributed by atoms with van der Waals surface area (Å²) < 4.78 is 2.74. The molecule has 4 aromatic rings. The SMILES string of the molecule is CC1CCc2c(sc3nnn(CCn4nnc5sc6c(c5c4=O)CCC(C)C6)c(=O)c23)C1. The number of rotatable bonds is 3.